The zero-order chi connectivity index (χ0) is 16.0. The van der Waals surface area contributed by atoms with Crippen molar-refractivity contribution in [3.8, 4) is 0 Å². The van der Waals surface area contributed by atoms with Crippen molar-refractivity contribution < 1.29 is 13.2 Å². The van der Waals surface area contributed by atoms with Crippen molar-refractivity contribution in [3.63, 3.8) is 0 Å². The summed E-state index contributed by atoms with van der Waals surface area (Å²) in [5, 5.41) is 2.69. The number of para-hydroxylation sites is 1. The van der Waals surface area contributed by atoms with Gasteiger partial charge in [0.2, 0.25) is 15.9 Å². The lowest BCUT2D eigenvalue weighted by atomic mass is 10.2. The van der Waals surface area contributed by atoms with Crippen LogP contribution in [0, 0.1) is 5.92 Å². The number of hydrogen-bond acceptors (Lipinski definition) is 4. The van der Waals surface area contributed by atoms with Gasteiger partial charge < -0.3 is 11.1 Å². The average Bonchev–Trinajstić information content (AvgIpc) is 2.39. The van der Waals surface area contributed by atoms with E-state index in [0.717, 1.165) is 4.31 Å². The maximum Gasteiger partial charge on any atom is 0.235 e. The number of sulfonamides is 1. The van der Waals surface area contributed by atoms with Gasteiger partial charge in [-0.15, -0.1) is 0 Å². The Bertz CT molecular complexity index is 585. The fourth-order valence-corrected chi connectivity index (χ4v) is 2.84. The average molecular weight is 313 g/mol. The van der Waals surface area contributed by atoms with Crippen LogP contribution in [0.4, 0.5) is 5.69 Å². The number of nitrogen functional groups attached to an aromatic ring is 1. The van der Waals surface area contributed by atoms with Gasteiger partial charge in [0.15, 0.2) is 0 Å². The molecular weight excluding hydrogens is 290 g/mol. The van der Waals surface area contributed by atoms with Gasteiger partial charge in [-0.05, 0) is 17.5 Å². The first kappa shape index (κ1) is 17.5. The first-order valence-electron chi connectivity index (χ1n) is 6.76. The number of carbonyl (C=O) groups excluding carboxylic acids is 1. The van der Waals surface area contributed by atoms with Gasteiger partial charge in [-0.25, -0.2) is 8.42 Å². The SMILES string of the molecule is CC(C)CNC(=O)CN(C)S(=O)(=O)Cc1ccccc1N. The molecule has 0 aliphatic carbocycles. The Morgan fingerprint density at radius 3 is 2.52 bits per heavy atom. The summed E-state index contributed by atoms with van der Waals surface area (Å²) in [6.45, 7) is 4.28. The van der Waals surface area contributed by atoms with Gasteiger partial charge in [0, 0.05) is 19.3 Å². The Morgan fingerprint density at radius 2 is 1.95 bits per heavy atom. The summed E-state index contributed by atoms with van der Waals surface area (Å²) in [6.07, 6.45) is 0. The minimum Gasteiger partial charge on any atom is -0.398 e. The van der Waals surface area contributed by atoms with Crippen molar-refractivity contribution >= 4 is 21.6 Å². The van der Waals surface area contributed by atoms with Crippen molar-refractivity contribution in [2.24, 2.45) is 5.92 Å². The highest BCUT2D eigenvalue weighted by atomic mass is 32.2. The van der Waals surface area contributed by atoms with E-state index >= 15 is 0 Å². The second-order valence-corrected chi connectivity index (χ2v) is 7.48. The fourth-order valence-electron chi connectivity index (χ4n) is 1.65. The van der Waals surface area contributed by atoms with Gasteiger partial charge in [-0.2, -0.15) is 4.31 Å². The zero-order valence-electron chi connectivity index (χ0n) is 12.7. The quantitative estimate of drug-likeness (QED) is 0.728. The lowest BCUT2D eigenvalue weighted by molar-refractivity contribution is -0.121. The second-order valence-electron chi connectivity index (χ2n) is 5.41. The highest BCUT2D eigenvalue weighted by molar-refractivity contribution is 7.88. The van der Waals surface area contributed by atoms with E-state index < -0.39 is 10.0 Å². The lowest BCUT2D eigenvalue weighted by Gasteiger charge is -2.18. The Hall–Kier alpha value is -1.60. The molecule has 0 heterocycles. The molecule has 0 radical (unpaired) electrons. The molecule has 0 unspecified atom stereocenters. The monoisotopic (exact) mass is 313 g/mol. The molecule has 118 valence electrons. The molecule has 0 saturated heterocycles. The summed E-state index contributed by atoms with van der Waals surface area (Å²) in [5.41, 5.74) is 6.71. The topological polar surface area (TPSA) is 92.5 Å². The Balaban J connectivity index is 2.66. The number of nitrogens with one attached hydrogen (secondary N) is 1. The van der Waals surface area contributed by atoms with E-state index in [9.17, 15) is 13.2 Å². The standard InChI is InChI=1S/C14H23N3O3S/c1-11(2)8-16-14(18)9-17(3)21(19,20)10-12-6-4-5-7-13(12)15/h4-7,11H,8-10,15H2,1-3H3,(H,16,18). The summed E-state index contributed by atoms with van der Waals surface area (Å²) >= 11 is 0. The molecule has 0 saturated carbocycles. The van der Waals surface area contributed by atoms with Crippen LogP contribution in [0.3, 0.4) is 0 Å². The molecule has 0 aliphatic heterocycles. The third-order valence-electron chi connectivity index (χ3n) is 2.94. The van der Waals surface area contributed by atoms with E-state index in [1.54, 1.807) is 24.3 Å². The molecule has 0 aliphatic rings. The van der Waals surface area contributed by atoms with E-state index in [1.165, 1.54) is 7.05 Å². The van der Waals surface area contributed by atoms with Gasteiger partial charge in [-0.1, -0.05) is 32.0 Å². The normalized spacial score (nSPS) is 11.9. The summed E-state index contributed by atoms with van der Waals surface area (Å²) in [6, 6.07) is 6.80. The highest BCUT2D eigenvalue weighted by Crippen LogP contribution is 2.15. The van der Waals surface area contributed by atoms with Gasteiger partial charge in [0.1, 0.15) is 0 Å². The van der Waals surface area contributed by atoms with Crippen LogP contribution < -0.4 is 11.1 Å². The molecule has 21 heavy (non-hydrogen) atoms. The van der Waals surface area contributed by atoms with Crippen LogP contribution >= 0.6 is 0 Å². The van der Waals surface area contributed by atoms with Crippen LogP contribution in [0.5, 0.6) is 0 Å². The predicted octanol–water partition coefficient (Wildman–Crippen LogP) is 0.803. The number of anilines is 1. The first-order valence-corrected chi connectivity index (χ1v) is 8.37. The molecule has 0 bridgehead atoms. The molecule has 0 aromatic heterocycles. The molecule has 1 aromatic carbocycles. The fraction of sp³-hybridized carbons (Fsp3) is 0.500. The number of carbonyl (C=O) groups is 1. The van der Waals surface area contributed by atoms with E-state index in [4.69, 9.17) is 5.73 Å². The van der Waals surface area contributed by atoms with Gasteiger partial charge in [0.05, 0.1) is 12.3 Å². The molecule has 1 aromatic rings. The second kappa shape index (κ2) is 7.42. The van der Waals surface area contributed by atoms with Crippen molar-refractivity contribution in [3.05, 3.63) is 29.8 Å². The largest absolute Gasteiger partial charge is 0.398 e. The highest BCUT2D eigenvalue weighted by Gasteiger charge is 2.21. The number of benzene rings is 1. The predicted molar refractivity (Wildman–Crippen MR) is 84.0 cm³/mol. The number of hydrogen-bond donors (Lipinski definition) is 2. The molecular formula is C14H23N3O3S. The minimum atomic E-state index is -3.58. The number of nitrogens with two attached hydrogens (primary N) is 1. The minimum absolute atomic E-state index is 0.193. The first-order chi connectivity index (χ1) is 9.72. The molecule has 6 nitrogen and oxygen atoms in total. The molecule has 0 spiro atoms. The third-order valence-corrected chi connectivity index (χ3v) is 4.70. The van der Waals surface area contributed by atoms with Crippen LogP contribution in [0.1, 0.15) is 19.4 Å². The molecule has 0 fully saturated rings. The molecule has 3 N–H and O–H groups in total. The smallest absolute Gasteiger partial charge is 0.235 e. The molecule has 7 heteroatoms. The Kier molecular flexibility index (Phi) is 6.17. The van der Waals surface area contributed by atoms with Gasteiger partial charge in [0.25, 0.3) is 0 Å². The summed E-state index contributed by atoms with van der Waals surface area (Å²) in [4.78, 5) is 11.7. The van der Waals surface area contributed by atoms with Gasteiger partial charge >= 0.3 is 0 Å². The van der Waals surface area contributed by atoms with Crippen LogP contribution in [-0.4, -0.2) is 38.8 Å². The van der Waals surface area contributed by atoms with Crippen LogP contribution in [-0.2, 0) is 20.6 Å². The molecule has 0 atom stereocenters. The Labute approximate surface area is 126 Å². The number of likely N-dealkylation sites (N-methyl/N-ethyl adjacent to an activating group) is 1. The number of nitrogens with zero attached hydrogens (tertiary/aromatic N) is 1. The number of amides is 1. The summed E-state index contributed by atoms with van der Waals surface area (Å²) < 4.78 is 25.5. The molecule has 1 amide bonds. The summed E-state index contributed by atoms with van der Waals surface area (Å²) in [5.74, 6) is -0.205. The Morgan fingerprint density at radius 1 is 1.33 bits per heavy atom. The number of rotatable bonds is 7. The van der Waals surface area contributed by atoms with Crippen molar-refractivity contribution in [1.29, 1.82) is 0 Å². The van der Waals surface area contributed by atoms with E-state index in [1.807, 2.05) is 13.8 Å². The van der Waals surface area contributed by atoms with E-state index in [-0.39, 0.29) is 18.2 Å². The van der Waals surface area contributed by atoms with E-state index in [2.05, 4.69) is 5.32 Å². The third kappa shape index (κ3) is 5.73. The van der Waals surface area contributed by atoms with Crippen molar-refractivity contribution in [2.75, 3.05) is 25.9 Å². The maximum atomic E-state index is 12.2. The lowest BCUT2D eigenvalue weighted by Crippen LogP contribution is -2.39. The van der Waals surface area contributed by atoms with E-state index in [0.29, 0.717) is 23.7 Å². The van der Waals surface area contributed by atoms with Crippen molar-refractivity contribution in [2.45, 2.75) is 19.6 Å². The van der Waals surface area contributed by atoms with Gasteiger partial charge in [-0.3, -0.25) is 4.79 Å². The summed E-state index contributed by atoms with van der Waals surface area (Å²) in [7, 11) is -2.18. The zero-order valence-corrected chi connectivity index (χ0v) is 13.5. The molecule has 1 rings (SSSR count). The van der Waals surface area contributed by atoms with Crippen LogP contribution in [0.2, 0.25) is 0 Å². The van der Waals surface area contributed by atoms with Crippen LogP contribution in [0.25, 0.3) is 0 Å². The maximum absolute atomic E-state index is 12.2. The van der Waals surface area contributed by atoms with Crippen molar-refractivity contribution in [1.82, 2.24) is 9.62 Å². The van der Waals surface area contributed by atoms with Crippen LogP contribution in [0.15, 0.2) is 24.3 Å².